The third-order valence-corrected chi connectivity index (χ3v) is 4.55. The molecule has 2 heterocycles. The van der Waals surface area contributed by atoms with Crippen LogP contribution < -0.4 is 10.1 Å². The van der Waals surface area contributed by atoms with Gasteiger partial charge in [-0.15, -0.1) is 0 Å². The number of amides is 1. The maximum absolute atomic E-state index is 12.0. The number of hydrogen-bond acceptors (Lipinski definition) is 5. The zero-order chi connectivity index (χ0) is 21.1. The topological polar surface area (TPSA) is 98.8 Å². The molecule has 2 aromatic carbocycles. The summed E-state index contributed by atoms with van der Waals surface area (Å²) in [5, 5.41) is 14.2. The molecule has 0 saturated carbocycles. The van der Waals surface area contributed by atoms with E-state index in [2.05, 4.69) is 10.3 Å². The normalized spacial score (nSPS) is 10.7. The number of carbonyl (C=O) groups excluding carboxylic acids is 1. The first kappa shape index (κ1) is 19.4. The Bertz CT molecular complexity index is 1220. The number of halogens is 1. The highest BCUT2D eigenvalue weighted by molar-refractivity contribution is 6.30. The van der Waals surface area contributed by atoms with Crippen LogP contribution in [0.1, 0.15) is 0 Å². The van der Waals surface area contributed by atoms with Gasteiger partial charge in [0.15, 0.2) is 6.61 Å². The van der Waals surface area contributed by atoms with Gasteiger partial charge < -0.3 is 10.1 Å². The molecule has 9 heteroatoms. The van der Waals surface area contributed by atoms with Crippen LogP contribution in [-0.4, -0.2) is 26.8 Å². The lowest BCUT2D eigenvalue weighted by Crippen LogP contribution is -2.20. The van der Waals surface area contributed by atoms with Crippen LogP contribution in [0.3, 0.4) is 0 Å². The Labute approximate surface area is 175 Å². The zero-order valence-corrected chi connectivity index (χ0v) is 16.2. The summed E-state index contributed by atoms with van der Waals surface area (Å²) in [4.78, 5) is 26.9. The third-order valence-electron chi connectivity index (χ3n) is 4.29. The van der Waals surface area contributed by atoms with Crippen molar-refractivity contribution in [2.24, 2.45) is 0 Å². The number of benzene rings is 2. The lowest BCUT2D eigenvalue weighted by atomic mass is 10.2. The van der Waals surface area contributed by atoms with Gasteiger partial charge in [0.1, 0.15) is 11.4 Å². The van der Waals surface area contributed by atoms with Crippen LogP contribution in [0.4, 0.5) is 11.4 Å². The molecule has 30 heavy (non-hydrogen) atoms. The van der Waals surface area contributed by atoms with Crippen molar-refractivity contribution in [2.75, 3.05) is 11.9 Å². The lowest BCUT2D eigenvalue weighted by Gasteiger charge is -2.08. The predicted molar refractivity (Wildman–Crippen MR) is 113 cm³/mol. The van der Waals surface area contributed by atoms with Crippen molar-refractivity contribution in [1.82, 2.24) is 9.38 Å². The Morgan fingerprint density at radius 2 is 1.80 bits per heavy atom. The van der Waals surface area contributed by atoms with Gasteiger partial charge in [-0.05, 0) is 54.6 Å². The second-order valence-corrected chi connectivity index (χ2v) is 6.84. The number of imidazole rings is 1. The van der Waals surface area contributed by atoms with Gasteiger partial charge in [-0.1, -0.05) is 11.6 Å². The van der Waals surface area contributed by atoms with Gasteiger partial charge in [-0.2, -0.15) is 0 Å². The third kappa shape index (κ3) is 4.39. The van der Waals surface area contributed by atoms with Gasteiger partial charge in [0.05, 0.1) is 16.8 Å². The zero-order valence-electron chi connectivity index (χ0n) is 15.5. The molecule has 0 fully saturated rings. The Hall–Kier alpha value is -3.91. The predicted octanol–water partition coefficient (Wildman–Crippen LogP) is 4.58. The van der Waals surface area contributed by atoms with E-state index in [1.165, 1.54) is 12.3 Å². The molecule has 0 unspecified atom stereocenters. The molecule has 1 N–H and O–H groups in total. The van der Waals surface area contributed by atoms with Crippen LogP contribution in [-0.2, 0) is 4.79 Å². The first-order valence-electron chi connectivity index (χ1n) is 8.90. The van der Waals surface area contributed by atoms with Crippen molar-refractivity contribution in [3.05, 3.63) is 88.2 Å². The van der Waals surface area contributed by atoms with E-state index in [0.717, 1.165) is 5.56 Å². The van der Waals surface area contributed by atoms with Crippen LogP contribution in [0.2, 0.25) is 5.02 Å². The van der Waals surface area contributed by atoms with E-state index in [0.29, 0.717) is 27.8 Å². The van der Waals surface area contributed by atoms with Crippen molar-refractivity contribution in [3.63, 3.8) is 0 Å². The number of hydrogen-bond donors (Lipinski definition) is 1. The molecule has 8 nitrogen and oxygen atoms in total. The SMILES string of the molecule is O=C(COc1ccc(-c2cn3cc([N+](=O)[O-])ccc3n2)cc1)Nc1ccc(Cl)cc1. The fourth-order valence-corrected chi connectivity index (χ4v) is 2.95. The smallest absolute Gasteiger partial charge is 0.286 e. The van der Waals surface area contributed by atoms with Crippen LogP contribution in [0.15, 0.2) is 73.1 Å². The van der Waals surface area contributed by atoms with Crippen molar-refractivity contribution < 1.29 is 14.5 Å². The number of carbonyl (C=O) groups is 1. The van der Waals surface area contributed by atoms with Gasteiger partial charge in [-0.3, -0.25) is 19.3 Å². The number of anilines is 1. The summed E-state index contributed by atoms with van der Waals surface area (Å²) in [5.74, 6) is 0.243. The first-order chi connectivity index (χ1) is 14.5. The van der Waals surface area contributed by atoms with E-state index in [1.54, 1.807) is 53.1 Å². The highest BCUT2D eigenvalue weighted by atomic mass is 35.5. The molecule has 0 aliphatic carbocycles. The minimum atomic E-state index is -0.450. The molecule has 0 atom stereocenters. The van der Waals surface area contributed by atoms with Crippen molar-refractivity contribution in [3.8, 4) is 17.0 Å². The molecule has 0 aliphatic heterocycles. The molecule has 0 aliphatic rings. The number of aromatic nitrogens is 2. The lowest BCUT2D eigenvalue weighted by molar-refractivity contribution is -0.385. The molecular weight excluding hydrogens is 408 g/mol. The summed E-state index contributed by atoms with van der Waals surface area (Å²) in [6, 6.07) is 16.9. The van der Waals surface area contributed by atoms with Gasteiger partial charge in [0, 0.05) is 28.5 Å². The van der Waals surface area contributed by atoms with Gasteiger partial charge in [-0.25, -0.2) is 4.98 Å². The fraction of sp³-hybridized carbons (Fsp3) is 0.0476. The summed E-state index contributed by atoms with van der Waals surface area (Å²) >= 11 is 5.82. The summed E-state index contributed by atoms with van der Waals surface area (Å²) in [6.45, 7) is -0.139. The quantitative estimate of drug-likeness (QED) is 0.362. The molecule has 4 aromatic rings. The van der Waals surface area contributed by atoms with Crippen LogP contribution >= 0.6 is 11.6 Å². The van der Waals surface area contributed by atoms with Crippen molar-refractivity contribution >= 4 is 34.5 Å². The summed E-state index contributed by atoms with van der Waals surface area (Å²) in [6.07, 6.45) is 3.14. The number of pyridine rings is 1. The maximum Gasteiger partial charge on any atom is 0.286 e. The second-order valence-electron chi connectivity index (χ2n) is 6.40. The van der Waals surface area contributed by atoms with E-state index in [9.17, 15) is 14.9 Å². The molecule has 0 saturated heterocycles. The van der Waals surface area contributed by atoms with Gasteiger partial charge in [0.25, 0.3) is 11.6 Å². The molecule has 0 spiro atoms. The number of rotatable bonds is 6. The number of nitrogens with one attached hydrogen (secondary N) is 1. The average molecular weight is 423 g/mol. The summed E-state index contributed by atoms with van der Waals surface area (Å²) in [7, 11) is 0. The number of ether oxygens (including phenoxy) is 1. The monoisotopic (exact) mass is 422 g/mol. The van der Waals surface area contributed by atoms with Crippen molar-refractivity contribution in [1.29, 1.82) is 0 Å². The first-order valence-corrected chi connectivity index (χ1v) is 9.27. The molecule has 2 aromatic heterocycles. The van der Waals surface area contributed by atoms with Crippen LogP contribution in [0.25, 0.3) is 16.9 Å². The van der Waals surface area contributed by atoms with Crippen LogP contribution in [0, 0.1) is 10.1 Å². The number of fused-ring (bicyclic) bond motifs is 1. The largest absolute Gasteiger partial charge is 0.484 e. The molecule has 1 amide bonds. The highest BCUT2D eigenvalue weighted by Gasteiger charge is 2.10. The Kier molecular flexibility index (Phi) is 5.32. The highest BCUT2D eigenvalue weighted by Crippen LogP contribution is 2.23. The average Bonchev–Trinajstić information content (AvgIpc) is 3.17. The minimum Gasteiger partial charge on any atom is -0.484 e. The molecule has 150 valence electrons. The van der Waals surface area contributed by atoms with E-state index in [4.69, 9.17) is 16.3 Å². The molecule has 0 bridgehead atoms. The molecule has 4 rings (SSSR count). The Balaban J connectivity index is 1.40. The van der Waals surface area contributed by atoms with Crippen molar-refractivity contribution in [2.45, 2.75) is 0 Å². The summed E-state index contributed by atoms with van der Waals surface area (Å²) in [5.41, 5.74) is 2.72. The second kappa shape index (κ2) is 8.22. The van der Waals surface area contributed by atoms with E-state index in [1.807, 2.05) is 12.1 Å². The fourth-order valence-electron chi connectivity index (χ4n) is 2.83. The van der Waals surface area contributed by atoms with Gasteiger partial charge >= 0.3 is 0 Å². The number of nitro groups is 1. The van der Waals surface area contributed by atoms with E-state index in [-0.39, 0.29) is 18.2 Å². The number of nitrogens with zero attached hydrogens (tertiary/aromatic N) is 3. The van der Waals surface area contributed by atoms with E-state index < -0.39 is 4.92 Å². The maximum atomic E-state index is 12.0. The molecule has 0 radical (unpaired) electrons. The Morgan fingerprint density at radius 3 is 2.50 bits per heavy atom. The standard InChI is InChI=1S/C21H15ClN4O4/c22-15-3-5-16(6-4-15)23-21(27)13-30-18-8-1-14(2-9-18)19-12-25-11-17(26(28)29)7-10-20(25)24-19/h1-12H,13H2,(H,23,27). The van der Waals surface area contributed by atoms with Gasteiger partial charge in [0.2, 0.25) is 0 Å². The van der Waals surface area contributed by atoms with Crippen LogP contribution in [0.5, 0.6) is 5.75 Å². The van der Waals surface area contributed by atoms with E-state index >= 15 is 0 Å². The minimum absolute atomic E-state index is 0.00734. The Morgan fingerprint density at radius 1 is 1.07 bits per heavy atom. The summed E-state index contributed by atoms with van der Waals surface area (Å²) < 4.78 is 7.13. The molecular formula is C21H15ClN4O4.